The number of aryl methyl sites for hydroxylation is 1. The lowest BCUT2D eigenvalue weighted by atomic mass is 10.0. The van der Waals surface area contributed by atoms with E-state index in [1.54, 1.807) is 0 Å². The third kappa shape index (κ3) is 4.76. The normalized spacial score (nSPS) is 16.5. The van der Waals surface area contributed by atoms with Gasteiger partial charge in [-0.2, -0.15) is 0 Å². The van der Waals surface area contributed by atoms with Gasteiger partial charge in [-0.1, -0.05) is 18.2 Å². The molecule has 4 heterocycles. The minimum absolute atomic E-state index is 0.0183. The molecule has 0 aliphatic carbocycles. The SMILES string of the molecule is CNc1cc(Nc2ccc(N3CCC(N4CCc5ccccc5NC4=O)CC3)nc2)cc(C)n1. The first kappa shape index (κ1) is 22.0. The highest BCUT2D eigenvalue weighted by Crippen LogP contribution is 2.27. The number of benzene rings is 1. The number of aromatic nitrogens is 2. The summed E-state index contributed by atoms with van der Waals surface area (Å²) >= 11 is 0. The Morgan fingerprint density at radius 3 is 2.62 bits per heavy atom. The van der Waals surface area contributed by atoms with Crippen molar-refractivity contribution in [1.82, 2.24) is 14.9 Å². The smallest absolute Gasteiger partial charge is 0.322 e. The first-order valence-electron chi connectivity index (χ1n) is 11.9. The molecular weight excluding hydrogens is 426 g/mol. The zero-order valence-electron chi connectivity index (χ0n) is 19.7. The van der Waals surface area contributed by atoms with Crippen LogP contribution in [-0.2, 0) is 6.42 Å². The standard InChI is InChI=1S/C26H31N7O/c1-18-15-21(16-24(27-2)29-18)30-20-7-8-25(28-17-20)32-12-10-22(11-13-32)33-14-9-19-5-3-4-6-23(19)31-26(33)34/h3-8,15-17,22H,9-14H2,1-2H3,(H,31,34)(H2,27,29,30). The number of carbonyl (C=O) groups excluding carboxylic acids is 1. The van der Waals surface area contributed by atoms with Gasteiger partial charge in [0.2, 0.25) is 0 Å². The number of hydrogen-bond donors (Lipinski definition) is 3. The Labute approximate surface area is 200 Å². The molecule has 2 aromatic heterocycles. The Morgan fingerprint density at radius 1 is 1.03 bits per heavy atom. The summed E-state index contributed by atoms with van der Waals surface area (Å²) in [6.07, 6.45) is 4.64. The Hall–Kier alpha value is -3.81. The van der Waals surface area contributed by atoms with E-state index in [0.717, 1.165) is 73.3 Å². The van der Waals surface area contributed by atoms with Crippen LogP contribution in [-0.4, -0.2) is 53.6 Å². The summed E-state index contributed by atoms with van der Waals surface area (Å²) in [5.74, 6) is 1.80. The van der Waals surface area contributed by atoms with Gasteiger partial charge in [0.15, 0.2) is 0 Å². The van der Waals surface area contributed by atoms with Crippen molar-refractivity contribution in [1.29, 1.82) is 0 Å². The van der Waals surface area contributed by atoms with E-state index in [0.29, 0.717) is 0 Å². The Kier molecular flexibility index (Phi) is 6.20. The maximum absolute atomic E-state index is 12.9. The molecule has 2 amide bonds. The van der Waals surface area contributed by atoms with Crippen LogP contribution in [0.2, 0.25) is 0 Å². The summed E-state index contributed by atoms with van der Waals surface area (Å²) in [4.78, 5) is 26.3. The maximum atomic E-state index is 12.9. The molecule has 0 bridgehead atoms. The highest BCUT2D eigenvalue weighted by Gasteiger charge is 2.30. The van der Waals surface area contributed by atoms with Crippen molar-refractivity contribution in [2.45, 2.75) is 32.2 Å². The number of pyridine rings is 2. The average Bonchev–Trinajstić information content (AvgIpc) is 3.02. The minimum atomic E-state index is 0.0183. The maximum Gasteiger partial charge on any atom is 0.322 e. The molecule has 0 unspecified atom stereocenters. The Morgan fingerprint density at radius 2 is 1.85 bits per heavy atom. The van der Waals surface area contributed by atoms with Gasteiger partial charge in [-0.25, -0.2) is 14.8 Å². The van der Waals surface area contributed by atoms with Crippen LogP contribution in [0.4, 0.5) is 33.5 Å². The molecule has 0 saturated carbocycles. The zero-order valence-corrected chi connectivity index (χ0v) is 19.7. The number of para-hydroxylation sites is 1. The molecule has 0 spiro atoms. The van der Waals surface area contributed by atoms with Crippen molar-refractivity contribution in [2.75, 3.05) is 47.5 Å². The van der Waals surface area contributed by atoms with Crippen LogP contribution in [0.5, 0.6) is 0 Å². The third-order valence-corrected chi connectivity index (χ3v) is 6.62. The molecule has 1 saturated heterocycles. The van der Waals surface area contributed by atoms with Crippen LogP contribution in [0, 0.1) is 6.92 Å². The number of nitrogens with zero attached hydrogens (tertiary/aromatic N) is 4. The Bertz CT molecular complexity index is 1160. The van der Waals surface area contributed by atoms with E-state index in [4.69, 9.17) is 4.98 Å². The predicted molar refractivity (Wildman–Crippen MR) is 137 cm³/mol. The second kappa shape index (κ2) is 9.59. The van der Waals surface area contributed by atoms with Crippen molar-refractivity contribution in [3.8, 4) is 0 Å². The lowest BCUT2D eigenvalue weighted by molar-refractivity contribution is 0.177. The topological polar surface area (TPSA) is 85.4 Å². The summed E-state index contributed by atoms with van der Waals surface area (Å²) in [7, 11) is 1.86. The monoisotopic (exact) mass is 457 g/mol. The largest absolute Gasteiger partial charge is 0.373 e. The van der Waals surface area contributed by atoms with E-state index < -0.39 is 0 Å². The van der Waals surface area contributed by atoms with Crippen LogP contribution < -0.4 is 20.9 Å². The lowest BCUT2D eigenvalue weighted by Gasteiger charge is -2.38. The van der Waals surface area contributed by atoms with Crippen molar-refractivity contribution in [3.63, 3.8) is 0 Å². The predicted octanol–water partition coefficient (Wildman–Crippen LogP) is 4.63. The van der Waals surface area contributed by atoms with E-state index in [1.807, 2.05) is 55.4 Å². The fourth-order valence-electron chi connectivity index (χ4n) is 4.83. The molecule has 0 atom stereocenters. The molecule has 3 aromatic rings. The number of rotatable bonds is 5. The van der Waals surface area contributed by atoms with Crippen LogP contribution in [0.3, 0.4) is 0 Å². The van der Waals surface area contributed by atoms with Crippen LogP contribution in [0.25, 0.3) is 0 Å². The van der Waals surface area contributed by atoms with Crippen LogP contribution >= 0.6 is 0 Å². The van der Waals surface area contributed by atoms with Gasteiger partial charge in [0.1, 0.15) is 11.6 Å². The fraction of sp³-hybridized carbons (Fsp3) is 0.346. The highest BCUT2D eigenvalue weighted by molar-refractivity contribution is 5.91. The van der Waals surface area contributed by atoms with Gasteiger partial charge >= 0.3 is 6.03 Å². The van der Waals surface area contributed by atoms with Crippen molar-refractivity contribution in [2.24, 2.45) is 0 Å². The molecule has 2 aliphatic rings. The first-order valence-corrected chi connectivity index (χ1v) is 11.9. The van der Waals surface area contributed by atoms with Crippen molar-refractivity contribution >= 4 is 34.7 Å². The van der Waals surface area contributed by atoms with Gasteiger partial charge in [0, 0.05) is 55.9 Å². The van der Waals surface area contributed by atoms with Gasteiger partial charge in [0.25, 0.3) is 0 Å². The molecule has 8 nitrogen and oxygen atoms in total. The van der Waals surface area contributed by atoms with E-state index in [2.05, 4.69) is 44.0 Å². The summed E-state index contributed by atoms with van der Waals surface area (Å²) < 4.78 is 0. The highest BCUT2D eigenvalue weighted by atomic mass is 16.2. The van der Waals surface area contributed by atoms with Gasteiger partial charge in [-0.15, -0.1) is 0 Å². The molecule has 5 rings (SSSR count). The first-order chi connectivity index (χ1) is 16.6. The number of nitrogens with one attached hydrogen (secondary N) is 3. The lowest BCUT2D eigenvalue weighted by Crippen LogP contribution is -2.49. The molecule has 34 heavy (non-hydrogen) atoms. The van der Waals surface area contributed by atoms with E-state index in [9.17, 15) is 4.79 Å². The average molecular weight is 458 g/mol. The molecule has 1 fully saturated rings. The molecular formula is C26H31N7O. The van der Waals surface area contributed by atoms with Crippen LogP contribution in [0.1, 0.15) is 24.1 Å². The van der Waals surface area contributed by atoms with E-state index in [1.165, 1.54) is 5.56 Å². The fourth-order valence-corrected chi connectivity index (χ4v) is 4.83. The van der Waals surface area contributed by atoms with Gasteiger partial charge in [-0.3, -0.25) is 0 Å². The summed E-state index contributed by atoms with van der Waals surface area (Å²) in [5.41, 5.74) is 5.01. The van der Waals surface area contributed by atoms with Gasteiger partial charge in [-0.05, 0) is 56.0 Å². The summed E-state index contributed by atoms with van der Waals surface area (Å²) in [5, 5.41) is 9.58. The minimum Gasteiger partial charge on any atom is -0.373 e. The molecule has 0 radical (unpaired) electrons. The number of carbonyl (C=O) groups is 1. The Balaban J connectivity index is 1.18. The zero-order chi connectivity index (χ0) is 23.5. The molecule has 2 aliphatic heterocycles. The van der Waals surface area contributed by atoms with Crippen molar-refractivity contribution < 1.29 is 4.79 Å². The number of hydrogen-bond acceptors (Lipinski definition) is 6. The van der Waals surface area contributed by atoms with Crippen LogP contribution in [0.15, 0.2) is 54.7 Å². The number of piperidine rings is 1. The summed E-state index contributed by atoms with van der Waals surface area (Å²) in [6.45, 7) is 4.51. The molecule has 1 aromatic carbocycles. The van der Waals surface area contributed by atoms with E-state index >= 15 is 0 Å². The second-order valence-electron chi connectivity index (χ2n) is 8.91. The van der Waals surface area contributed by atoms with Crippen molar-refractivity contribution in [3.05, 3.63) is 66.0 Å². The molecule has 176 valence electrons. The van der Waals surface area contributed by atoms with E-state index in [-0.39, 0.29) is 12.1 Å². The number of fused-ring (bicyclic) bond motifs is 1. The van der Waals surface area contributed by atoms with Gasteiger partial charge < -0.3 is 25.8 Å². The number of urea groups is 1. The van der Waals surface area contributed by atoms with Gasteiger partial charge in [0.05, 0.1) is 11.9 Å². The third-order valence-electron chi connectivity index (χ3n) is 6.62. The molecule has 3 N–H and O–H groups in total. The summed E-state index contributed by atoms with van der Waals surface area (Å²) in [6, 6.07) is 16.5. The number of anilines is 5. The molecule has 8 heteroatoms. The second-order valence-corrected chi connectivity index (χ2v) is 8.91. The number of amides is 2. The quantitative estimate of drug-likeness (QED) is 0.518.